The molecule has 108 valence electrons. The molecule has 0 saturated carbocycles. The number of benzene rings is 1. The van der Waals surface area contributed by atoms with Crippen molar-refractivity contribution < 1.29 is 13.9 Å². The predicted octanol–water partition coefficient (Wildman–Crippen LogP) is 2.79. The molecular formula is C14H18FN3O2. The van der Waals surface area contributed by atoms with Crippen LogP contribution < -0.4 is 0 Å². The molecule has 20 heavy (non-hydrogen) atoms. The van der Waals surface area contributed by atoms with Gasteiger partial charge in [-0.2, -0.15) is 0 Å². The van der Waals surface area contributed by atoms with E-state index in [1.165, 1.54) is 16.8 Å². The van der Waals surface area contributed by atoms with E-state index in [2.05, 4.69) is 10.3 Å². The number of aryl methyl sites for hydroxylation is 1. The van der Waals surface area contributed by atoms with Gasteiger partial charge < -0.3 is 9.47 Å². The van der Waals surface area contributed by atoms with E-state index in [9.17, 15) is 4.39 Å². The second-order valence-electron chi connectivity index (χ2n) is 4.26. The Morgan fingerprint density at radius 3 is 2.60 bits per heavy atom. The largest absolute Gasteiger partial charge is 0.347 e. The summed E-state index contributed by atoms with van der Waals surface area (Å²) >= 11 is 0. The van der Waals surface area contributed by atoms with E-state index in [0.29, 0.717) is 24.6 Å². The highest BCUT2D eigenvalue weighted by Crippen LogP contribution is 2.19. The van der Waals surface area contributed by atoms with Crippen molar-refractivity contribution >= 4 is 0 Å². The van der Waals surface area contributed by atoms with E-state index >= 15 is 0 Å². The van der Waals surface area contributed by atoms with Crippen molar-refractivity contribution in [1.82, 2.24) is 15.0 Å². The number of hydrogen-bond donors (Lipinski definition) is 0. The lowest BCUT2D eigenvalue weighted by molar-refractivity contribution is -0.142. The Bertz CT molecular complexity index is 565. The molecule has 0 aliphatic carbocycles. The molecule has 1 heterocycles. The Labute approximate surface area is 117 Å². The third-order valence-electron chi connectivity index (χ3n) is 2.81. The van der Waals surface area contributed by atoms with Gasteiger partial charge in [-0.3, -0.25) is 0 Å². The average Bonchev–Trinajstić information content (AvgIpc) is 2.91. The zero-order valence-electron chi connectivity index (χ0n) is 11.8. The second kappa shape index (κ2) is 6.58. The zero-order chi connectivity index (χ0) is 14.5. The summed E-state index contributed by atoms with van der Waals surface area (Å²) in [7, 11) is 0. The maximum Gasteiger partial charge on any atom is 0.204 e. The third-order valence-corrected chi connectivity index (χ3v) is 2.81. The quantitative estimate of drug-likeness (QED) is 0.763. The molecule has 0 spiro atoms. The number of ether oxygens (including phenoxy) is 2. The van der Waals surface area contributed by atoms with Crippen LogP contribution in [0.5, 0.6) is 0 Å². The van der Waals surface area contributed by atoms with E-state index in [-0.39, 0.29) is 5.82 Å². The van der Waals surface area contributed by atoms with E-state index in [1.807, 2.05) is 20.8 Å². The summed E-state index contributed by atoms with van der Waals surface area (Å²) in [6.07, 6.45) is 1.14. The Balaban J connectivity index is 2.29. The summed E-state index contributed by atoms with van der Waals surface area (Å²) in [5.74, 6) is -0.311. The van der Waals surface area contributed by atoms with Gasteiger partial charge in [0, 0.05) is 13.2 Å². The first-order valence-corrected chi connectivity index (χ1v) is 6.57. The van der Waals surface area contributed by atoms with E-state index in [4.69, 9.17) is 9.47 Å². The molecule has 6 heteroatoms. The van der Waals surface area contributed by atoms with Gasteiger partial charge >= 0.3 is 0 Å². The summed E-state index contributed by atoms with van der Waals surface area (Å²) in [5, 5.41) is 8.06. The summed E-state index contributed by atoms with van der Waals surface area (Å²) in [6, 6.07) is 4.54. The summed E-state index contributed by atoms with van der Waals surface area (Å²) in [4.78, 5) is 0. The highest BCUT2D eigenvalue weighted by Gasteiger charge is 2.16. The standard InChI is InChI=1S/C14H18FN3O2/c1-4-19-14(20-5-2)12-9-18(17-16-12)13-8-11(15)7-6-10(13)3/h6-9,14H,4-5H2,1-3H3. The van der Waals surface area contributed by atoms with Crippen LogP contribution in [0.2, 0.25) is 0 Å². The van der Waals surface area contributed by atoms with Crippen molar-refractivity contribution in [2.24, 2.45) is 0 Å². The van der Waals surface area contributed by atoms with Crippen molar-refractivity contribution in [3.63, 3.8) is 0 Å². The molecule has 0 radical (unpaired) electrons. The highest BCUT2D eigenvalue weighted by atomic mass is 19.1. The zero-order valence-corrected chi connectivity index (χ0v) is 11.8. The maximum absolute atomic E-state index is 13.3. The first kappa shape index (κ1) is 14.6. The molecule has 2 aromatic rings. The Kier molecular flexibility index (Phi) is 4.81. The number of rotatable bonds is 6. The molecule has 2 rings (SSSR count). The molecule has 0 amide bonds. The maximum atomic E-state index is 13.3. The third kappa shape index (κ3) is 3.20. The Morgan fingerprint density at radius 2 is 1.95 bits per heavy atom. The van der Waals surface area contributed by atoms with Gasteiger partial charge in [-0.1, -0.05) is 11.3 Å². The van der Waals surface area contributed by atoms with E-state index in [0.717, 1.165) is 5.56 Å². The minimum absolute atomic E-state index is 0.311. The first-order valence-electron chi connectivity index (χ1n) is 6.57. The predicted molar refractivity (Wildman–Crippen MR) is 72.0 cm³/mol. The van der Waals surface area contributed by atoms with Crippen LogP contribution >= 0.6 is 0 Å². The molecule has 0 atom stereocenters. The second-order valence-corrected chi connectivity index (χ2v) is 4.26. The lowest BCUT2D eigenvalue weighted by Gasteiger charge is -2.13. The minimum Gasteiger partial charge on any atom is -0.347 e. The normalized spacial score (nSPS) is 11.2. The van der Waals surface area contributed by atoms with Crippen LogP contribution in [0.25, 0.3) is 5.69 Å². The summed E-state index contributed by atoms with van der Waals surface area (Å²) in [6.45, 7) is 6.67. The minimum atomic E-state index is -0.549. The lowest BCUT2D eigenvalue weighted by Crippen LogP contribution is -2.09. The van der Waals surface area contributed by atoms with Crippen molar-refractivity contribution in [2.45, 2.75) is 27.1 Å². The topological polar surface area (TPSA) is 49.2 Å². The van der Waals surface area contributed by atoms with E-state index < -0.39 is 6.29 Å². The number of halogens is 1. The number of aromatic nitrogens is 3. The average molecular weight is 279 g/mol. The molecule has 1 aromatic heterocycles. The van der Waals surface area contributed by atoms with Crippen molar-refractivity contribution in [1.29, 1.82) is 0 Å². The molecular weight excluding hydrogens is 261 g/mol. The molecule has 0 fully saturated rings. The molecule has 0 bridgehead atoms. The fraction of sp³-hybridized carbons (Fsp3) is 0.429. The van der Waals surface area contributed by atoms with Gasteiger partial charge in [0.2, 0.25) is 6.29 Å². The van der Waals surface area contributed by atoms with Crippen LogP contribution in [-0.2, 0) is 9.47 Å². The van der Waals surface area contributed by atoms with Gasteiger partial charge in [0.05, 0.1) is 11.9 Å². The first-order chi connectivity index (χ1) is 9.65. The smallest absolute Gasteiger partial charge is 0.204 e. The molecule has 0 aliphatic rings. The Hall–Kier alpha value is -1.79. The highest BCUT2D eigenvalue weighted by molar-refractivity contribution is 5.39. The summed E-state index contributed by atoms with van der Waals surface area (Å²) in [5.41, 5.74) is 2.13. The molecule has 0 unspecified atom stereocenters. The fourth-order valence-corrected chi connectivity index (χ4v) is 1.85. The van der Waals surface area contributed by atoms with E-state index in [1.54, 1.807) is 12.3 Å². The van der Waals surface area contributed by atoms with Crippen LogP contribution in [0.1, 0.15) is 31.4 Å². The molecule has 0 N–H and O–H groups in total. The molecule has 0 saturated heterocycles. The van der Waals surface area contributed by atoms with Gasteiger partial charge in [0.25, 0.3) is 0 Å². The van der Waals surface area contributed by atoms with Gasteiger partial charge in [-0.05, 0) is 38.5 Å². The monoisotopic (exact) mass is 279 g/mol. The van der Waals surface area contributed by atoms with Crippen LogP contribution in [0.4, 0.5) is 4.39 Å². The van der Waals surface area contributed by atoms with Gasteiger partial charge in [-0.15, -0.1) is 5.10 Å². The van der Waals surface area contributed by atoms with Gasteiger partial charge in [-0.25, -0.2) is 9.07 Å². The van der Waals surface area contributed by atoms with Crippen LogP contribution in [0, 0.1) is 12.7 Å². The van der Waals surface area contributed by atoms with Crippen molar-refractivity contribution in [2.75, 3.05) is 13.2 Å². The molecule has 1 aromatic carbocycles. The lowest BCUT2D eigenvalue weighted by atomic mass is 10.2. The van der Waals surface area contributed by atoms with Crippen LogP contribution in [0.15, 0.2) is 24.4 Å². The van der Waals surface area contributed by atoms with Crippen molar-refractivity contribution in [3.05, 3.63) is 41.5 Å². The van der Waals surface area contributed by atoms with Gasteiger partial charge in [0.15, 0.2) is 0 Å². The molecule has 5 nitrogen and oxygen atoms in total. The SMILES string of the molecule is CCOC(OCC)c1cn(-c2cc(F)ccc2C)nn1. The van der Waals surface area contributed by atoms with Crippen molar-refractivity contribution in [3.8, 4) is 5.69 Å². The van der Waals surface area contributed by atoms with Crippen LogP contribution in [0.3, 0.4) is 0 Å². The van der Waals surface area contributed by atoms with Gasteiger partial charge in [0.1, 0.15) is 11.5 Å². The number of nitrogens with zero attached hydrogens (tertiary/aromatic N) is 3. The number of hydrogen-bond acceptors (Lipinski definition) is 4. The fourth-order valence-electron chi connectivity index (χ4n) is 1.85. The molecule has 0 aliphatic heterocycles. The Morgan fingerprint density at radius 1 is 1.25 bits per heavy atom. The summed E-state index contributed by atoms with van der Waals surface area (Å²) < 4.78 is 25.8. The van der Waals surface area contributed by atoms with Crippen LogP contribution in [-0.4, -0.2) is 28.2 Å².